The van der Waals surface area contributed by atoms with Crippen LogP contribution in [-0.2, 0) is 0 Å². The lowest BCUT2D eigenvalue weighted by molar-refractivity contribution is 0.206. The first-order valence-corrected chi connectivity index (χ1v) is 11.2. The minimum atomic E-state index is 0. The molecule has 1 heterocycles. The lowest BCUT2D eigenvalue weighted by atomic mass is 10.0. The van der Waals surface area contributed by atoms with Gasteiger partial charge in [-0.2, -0.15) is 0 Å². The van der Waals surface area contributed by atoms with Crippen LogP contribution in [-0.4, -0.2) is 82.8 Å². The molecule has 0 bridgehead atoms. The summed E-state index contributed by atoms with van der Waals surface area (Å²) >= 11 is 0. The maximum Gasteiger partial charge on any atom is 0.191 e. The van der Waals surface area contributed by atoms with Crippen molar-refractivity contribution in [1.29, 1.82) is 0 Å². The average Bonchev–Trinajstić information content (AvgIpc) is 2.75. The van der Waals surface area contributed by atoms with Crippen molar-refractivity contribution in [2.45, 2.75) is 45.2 Å². The Bertz CT molecular complexity index is 663. The normalized spacial score (nSPS) is 16.5. The Hall–Kier alpha value is -1.26. The van der Waals surface area contributed by atoms with Gasteiger partial charge in [-0.3, -0.25) is 4.99 Å². The lowest BCUT2D eigenvalue weighted by Gasteiger charge is -2.33. The number of nitrogens with one attached hydrogen (secondary N) is 2. The van der Waals surface area contributed by atoms with Crippen LogP contribution in [0.5, 0.6) is 11.5 Å². The number of methoxy groups -OCH3 is 2. The van der Waals surface area contributed by atoms with Gasteiger partial charge in [0.25, 0.3) is 0 Å². The number of guanidine groups is 1. The number of nitrogens with zero attached hydrogens (tertiary/aromatic N) is 3. The van der Waals surface area contributed by atoms with Gasteiger partial charge in [0, 0.05) is 25.7 Å². The molecule has 0 radical (unpaired) electrons. The molecule has 1 aromatic carbocycles. The summed E-state index contributed by atoms with van der Waals surface area (Å²) in [6, 6.07) is 6.72. The molecule has 0 aromatic heterocycles. The van der Waals surface area contributed by atoms with Crippen molar-refractivity contribution in [3.8, 4) is 11.5 Å². The van der Waals surface area contributed by atoms with E-state index in [0.29, 0.717) is 12.6 Å². The summed E-state index contributed by atoms with van der Waals surface area (Å²) in [6.07, 6.45) is 3.55. The van der Waals surface area contributed by atoms with Crippen LogP contribution in [0.3, 0.4) is 0 Å². The molecular formula is C23H42IN5O2. The molecule has 0 saturated carbocycles. The zero-order chi connectivity index (χ0) is 21.9. The fraction of sp³-hybridized carbons (Fsp3) is 0.696. The second kappa shape index (κ2) is 14.7. The van der Waals surface area contributed by atoms with Gasteiger partial charge < -0.3 is 29.9 Å². The molecule has 31 heavy (non-hydrogen) atoms. The second-order valence-electron chi connectivity index (χ2n) is 8.07. The van der Waals surface area contributed by atoms with E-state index in [1.54, 1.807) is 14.2 Å². The predicted octanol–water partition coefficient (Wildman–Crippen LogP) is 3.35. The molecule has 2 N–H and O–H groups in total. The number of piperidine rings is 1. The summed E-state index contributed by atoms with van der Waals surface area (Å²) in [5, 5.41) is 7.07. The summed E-state index contributed by atoms with van der Waals surface area (Å²) in [4.78, 5) is 9.67. The highest BCUT2D eigenvalue weighted by atomic mass is 127. The maximum atomic E-state index is 5.49. The molecule has 1 aromatic rings. The topological polar surface area (TPSA) is 61.4 Å². The summed E-state index contributed by atoms with van der Waals surface area (Å²) in [5.41, 5.74) is 1.16. The Labute approximate surface area is 206 Å². The van der Waals surface area contributed by atoms with Gasteiger partial charge in [-0.15, -0.1) is 24.0 Å². The number of benzene rings is 1. The number of likely N-dealkylation sites (tertiary alicyclic amines) is 1. The third-order valence-corrected chi connectivity index (χ3v) is 5.65. The molecule has 1 atom stereocenters. The molecule has 1 saturated heterocycles. The summed E-state index contributed by atoms with van der Waals surface area (Å²) in [7, 11) is 7.50. The number of ether oxygens (including phenoxy) is 2. The van der Waals surface area contributed by atoms with Crippen LogP contribution in [0.4, 0.5) is 0 Å². The molecule has 8 heteroatoms. The Morgan fingerprint density at radius 3 is 2.39 bits per heavy atom. The molecule has 0 spiro atoms. The van der Waals surface area contributed by atoms with E-state index in [1.165, 1.54) is 13.0 Å². The SMILES string of the molecule is CCCN1CCC(NC(=NCC(c2ccc(OC)c(OC)c2)N(C)C)NCC)CC1.I. The first-order chi connectivity index (χ1) is 14.5. The fourth-order valence-electron chi connectivity index (χ4n) is 3.94. The minimum absolute atomic E-state index is 0. The highest BCUT2D eigenvalue weighted by Gasteiger charge is 2.20. The van der Waals surface area contributed by atoms with E-state index in [2.05, 4.69) is 54.4 Å². The number of hydrogen-bond donors (Lipinski definition) is 2. The zero-order valence-electron chi connectivity index (χ0n) is 20.1. The number of likely N-dealkylation sites (N-methyl/N-ethyl adjacent to an activating group) is 1. The molecule has 1 fully saturated rings. The molecule has 0 aliphatic carbocycles. The Morgan fingerprint density at radius 2 is 1.84 bits per heavy atom. The van der Waals surface area contributed by atoms with Gasteiger partial charge in [0.05, 0.1) is 26.8 Å². The summed E-state index contributed by atoms with van der Waals surface area (Å²) < 4.78 is 10.9. The van der Waals surface area contributed by atoms with Crippen molar-refractivity contribution >= 4 is 29.9 Å². The number of halogens is 1. The highest BCUT2D eigenvalue weighted by molar-refractivity contribution is 14.0. The minimum Gasteiger partial charge on any atom is -0.493 e. The van der Waals surface area contributed by atoms with Crippen molar-refractivity contribution in [2.24, 2.45) is 4.99 Å². The van der Waals surface area contributed by atoms with Crippen molar-refractivity contribution < 1.29 is 9.47 Å². The van der Waals surface area contributed by atoms with E-state index in [-0.39, 0.29) is 30.0 Å². The molecular weight excluding hydrogens is 505 g/mol. The number of aliphatic imine (C=N–C) groups is 1. The van der Waals surface area contributed by atoms with Crippen LogP contribution in [0.25, 0.3) is 0 Å². The molecule has 1 aliphatic heterocycles. The van der Waals surface area contributed by atoms with Crippen LogP contribution in [0, 0.1) is 0 Å². The molecule has 1 unspecified atom stereocenters. The van der Waals surface area contributed by atoms with Gasteiger partial charge in [0.1, 0.15) is 0 Å². The van der Waals surface area contributed by atoms with Gasteiger partial charge in [0.2, 0.25) is 0 Å². The van der Waals surface area contributed by atoms with Gasteiger partial charge in [-0.1, -0.05) is 13.0 Å². The predicted molar refractivity (Wildman–Crippen MR) is 140 cm³/mol. The van der Waals surface area contributed by atoms with E-state index in [9.17, 15) is 0 Å². The molecule has 1 aliphatic rings. The average molecular weight is 548 g/mol. The standard InChI is InChI=1S/C23H41N5O2.HI/c1-7-13-28-14-11-19(12-15-28)26-23(24-8-2)25-17-20(27(3)4)18-9-10-21(29-5)22(16-18)30-6;/h9-10,16,19-20H,7-8,11-15,17H2,1-6H3,(H2,24,25,26);1H. The lowest BCUT2D eigenvalue weighted by Crippen LogP contribution is -2.49. The van der Waals surface area contributed by atoms with Crippen LogP contribution in [0.15, 0.2) is 23.2 Å². The van der Waals surface area contributed by atoms with Gasteiger partial charge in [-0.25, -0.2) is 0 Å². The smallest absolute Gasteiger partial charge is 0.191 e. The summed E-state index contributed by atoms with van der Waals surface area (Å²) in [6.45, 7) is 9.40. The second-order valence-corrected chi connectivity index (χ2v) is 8.07. The van der Waals surface area contributed by atoms with Crippen LogP contribution < -0.4 is 20.1 Å². The van der Waals surface area contributed by atoms with Crippen LogP contribution in [0.2, 0.25) is 0 Å². The number of rotatable bonds is 10. The third-order valence-electron chi connectivity index (χ3n) is 5.65. The van der Waals surface area contributed by atoms with E-state index < -0.39 is 0 Å². The number of hydrogen-bond acceptors (Lipinski definition) is 5. The summed E-state index contributed by atoms with van der Waals surface area (Å²) in [5.74, 6) is 2.39. The Balaban J connectivity index is 0.00000480. The maximum absolute atomic E-state index is 5.49. The van der Waals surface area contributed by atoms with Crippen molar-refractivity contribution in [1.82, 2.24) is 20.4 Å². The van der Waals surface area contributed by atoms with E-state index >= 15 is 0 Å². The molecule has 178 valence electrons. The van der Waals surface area contributed by atoms with Crippen molar-refractivity contribution in [3.63, 3.8) is 0 Å². The van der Waals surface area contributed by atoms with Gasteiger partial charge in [-0.05, 0) is 64.5 Å². The Kier molecular flexibility index (Phi) is 13.2. The molecule has 2 rings (SSSR count). The first kappa shape index (κ1) is 27.8. The zero-order valence-corrected chi connectivity index (χ0v) is 22.4. The van der Waals surface area contributed by atoms with E-state index in [1.807, 2.05) is 12.1 Å². The quantitative estimate of drug-likeness (QED) is 0.266. The van der Waals surface area contributed by atoms with Gasteiger partial charge in [0.15, 0.2) is 17.5 Å². The first-order valence-electron chi connectivity index (χ1n) is 11.2. The van der Waals surface area contributed by atoms with Gasteiger partial charge >= 0.3 is 0 Å². The molecule has 7 nitrogen and oxygen atoms in total. The van der Waals surface area contributed by atoms with E-state index in [4.69, 9.17) is 14.5 Å². The van der Waals surface area contributed by atoms with Crippen LogP contribution >= 0.6 is 24.0 Å². The van der Waals surface area contributed by atoms with Crippen molar-refractivity contribution in [3.05, 3.63) is 23.8 Å². The Morgan fingerprint density at radius 1 is 1.16 bits per heavy atom. The third kappa shape index (κ3) is 8.65. The highest BCUT2D eigenvalue weighted by Crippen LogP contribution is 2.31. The largest absolute Gasteiger partial charge is 0.493 e. The fourth-order valence-corrected chi connectivity index (χ4v) is 3.94. The van der Waals surface area contributed by atoms with E-state index in [0.717, 1.165) is 55.5 Å². The van der Waals surface area contributed by atoms with Crippen molar-refractivity contribution in [2.75, 3.05) is 61.0 Å². The van der Waals surface area contributed by atoms with Crippen LogP contribution in [0.1, 0.15) is 44.7 Å². The monoisotopic (exact) mass is 547 g/mol. The molecule has 0 amide bonds.